The maximum Gasteiger partial charge on any atom is 0.264 e. The molecule has 0 spiro atoms. The highest BCUT2D eigenvalue weighted by Gasteiger charge is 2.47. The van der Waals surface area contributed by atoms with Gasteiger partial charge in [-0.2, -0.15) is 0 Å². The van der Waals surface area contributed by atoms with E-state index in [1.54, 1.807) is 0 Å². The Bertz CT molecular complexity index is 2740. The number of rotatable bonds is 1. The van der Waals surface area contributed by atoms with Crippen LogP contribution >= 0.6 is 23.1 Å². The van der Waals surface area contributed by atoms with E-state index in [0.717, 1.165) is 11.4 Å². The Balaban J connectivity index is 1.21. The Kier molecular flexibility index (Phi) is 5.40. The average molecular weight is 672 g/mol. The lowest BCUT2D eigenvalue weighted by Crippen LogP contribution is -2.60. The largest absolute Gasteiger partial charge is 0.310 e. The highest BCUT2D eigenvalue weighted by atomic mass is 32.2. The Labute approximate surface area is 298 Å². The number of fused-ring (bicyclic) bond motifs is 11. The average Bonchev–Trinajstić information content (AvgIpc) is 3.56. The van der Waals surface area contributed by atoms with Crippen molar-refractivity contribution < 1.29 is 0 Å². The van der Waals surface area contributed by atoms with Crippen LogP contribution in [0.2, 0.25) is 0 Å². The topological polar surface area (TPSA) is 9.72 Å². The first kappa shape index (κ1) is 27.2. The molecule has 6 heteroatoms. The molecule has 0 unspecified atom stereocenters. The molecule has 1 aromatic heterocycles. The van der Waals surface area contributed by atoms with Crippen molar-refractivity contribution in [3.63, 3.8) is 0 Å². The Morgan fingerprint density at radius 2 is 1.08 bits per heavy atom. The number of para-hydroxylation sites is 4. The highest BCUT2D eigenvalue weighted by molar-refractivity contribution is 7.99. The van der Waals surface area contributed by atoms with Crippen molar-refractivity contribution >= 4 is 107 Å². The smallest absolute Gasteiger partial charge is 0.264 e. The van der Waals surface area contributed by atoms with Crippen LogP contribution in [0.1, 0.15) is 0 Å². The summed E-state index contributed by atoms with van der Waals surface area (Å²) in [7, 11) is 0. The molecule has 8 aromatic rings. The summed E-state index contributed by atoms with van der Waals surface area (Å²) in [4.78, 5) is 9.99. The molecule has 2 bridgehead atoms. The van der Waals surface area contributed by atoms with Crippen molar-refractivity contribution in [1.82, 2.24) is 0 Å². The van der Waals surface area contributed by atoms with Crippen molar-refractivity contribution in [2.24, 2.45) is 0 Å². The minimum Gasteiger partial charge on any atom is -0.310 e. The number of nitrogens with zero attached hydrogens (tertiary/aromatic N) is 3. The van der Waals surface area contributed by atoms with Crippen LogP contribution in [0, 0.1) is 0 Å². The molecule has 0 aliphatic carbocycles. The Morgan fingerprint density at radius 3 is 1.90 bits per heavy atom. The van der Waals surface area contributed by atoms with Gasteiger partial charge in [-0.25, -0.2) is 0 Å². The zero-order chi connectivity index (χ0) is 32.5. The third-order valence-corrected chi connectivity index (χ3v) is 13.1. The van der Waals surface area contributed by atoms with Crippen molar-refractivity contribution in [3.8, 4) is 11.1 Å². The van der Waals surface area contributed by atoms with Crippen molar-refractivity contribution in [3.05, 3.63) is 158 Å². The van der Waals surface area contributed by atoms with Gasteiger partial charge >= 0.3 is 0 Å². The fourth-order valence-corrected chi connectivity index (χ4v) is 11.2. The van der Waals surface area contributed by atoms with Gasteiger partial charge in [-0.05, 0) is 89.3 Å². The predicted octanol–water partition coefficient (Wildman–Crippen LogP) is 10.9. The quantitative estimate of drug-likeness (QED) is 0.161. The van der Waals surface area contributed by atoms with Gasteiger partial charge in [-0.15, -0.1) is 11.3 Å². The molecule has 0 amide bonds. The van der Waals surface area contributed by atoms with Gasteiger partial charge in [0, 0.05) is 58.7 Å². The van der Waals surface area contributed by atoms with Crippen molar-refractivity contribution in [1.29, 1.82) is 0 Å². The van der Waals surface area contributed by atoms with Crippen LogP contribution in [0.5, 0.6) is 0 Å². The van der Waals surface area contributed by atoms with Crippen LogP contribution in [-0.2, 0) is 0 Å². The first-order valence-electron chi connectivity index (χ1n) is 17.1. The number of hydrogen-bond acceptors (Lipinski definition) is 5. The van der Waals surface area contributed by atoms with Gasteiger partial charge in [0.05, 0.1) is 22.7 Å². The maximum atomic E-state index is 2.57. The van der Waals surface area contributed by atoms with Crippen LogP contribution < -0.4 is 30.4 Å². The first-order valence-corrected chi connectivity index (χ1v) is 18.7. The standard InChI is InChI=1S/C44H26BN3S2/c1-2-12-27(13-3-1)46-28-24-25-31-37(26-28)47(34-18-7-9-22-39(34)49-38-21-8-6-17-33(38)46)35-19-11-20-36-42(35)45(31)44-43-41-30(15-10-23-40(41)50-44)29-14-4-5-16-32(29)48(36)43/h1-26H. The van der Waals surface area contributed by atoms with Crippen LogP contribution in [0.4, 0.5) is 51.2 Å². The van der Waals surface area contributed by atoms with E-state index in [0.29, 0.717) is 0 Å². The van der Waals surface area contributed by atoms with E-state index in [9.17, 15) is 0 Å². The zero-order valence-electron chi connectivity index (χ0n) is 26.7. The molecule has 0 N–H and O–H groups in total. The summed E-state index contributed by atoms with van der Waals surface area (Å²) in [5.41, 5.74) is 16.4. The van der Waals surface area contributed by atoms with E-state index in [1.165, 1.54) is 86.5 Å². The highest BCUT2D eigenvalue weighted by Crippen LogP contribution is 2.56. The second-order valence-electron chi connectivity index (χ2n) is 13.3. The molecule has 5 heterocycles. The molecular formula is C44H26BN3S2. The summed E-state index contributed by atoms with van der Waals surface area (Å²) in [6.07, 6.45) is 0. The van der Waals surface area contributed by atoms with Crippen molar-refractivity contribution in [2.45, 2.75) is 9.79 Å². The molecule has 0 fully saturated rings. The van der Waals surface area contributed by atoms with Crippen LogP contribution in [0.25, 0.3) is 21.2 Å². The van der Waals surface area contributed by atoms with Gasteiger partial charge in [0.25, 0.3) is 6.71 Å². The summed E-state index contributed by atoms with van der Waals surface area (Å²) in [6, 6.07) is 58.5. The zero-order valence-corrected chi connectivity index (χ0v) is 28.4. The molecule has 7 aromatic carbocycles. The SMILES string of the molecule is c1ccc(N2c3ccc4c(c3)N(c3ccccc3Sc3ccccc32)c2cccc3c2B4c2sc4cccc5c4c2N3c2ccccc2-5)cc1. The fourth-order valence-electron chi connectivity index (χ4n) is 8.79. The van der Waals surface area contributed by atoms with Gasteiger partial charge in [-0.1, -0.05) is 96.7 Å². The fraction of sp³-hybridized carbons (Fsp3) is 0. The third kappa shape index (κ3) is 3.47. The van der Waals surface area contributed by atoms with E-state index in [2.05, 4.69) is 172 Å². The Hall–Kier alpha value is -5.69. The molecule has 0 saturated carbocycles. The Morgan fingerprint density at radius 1 is 0.440 bits per heavy atom. The normalized spacial score (nSPS) is 14.2. The number of thiophene rings is 1. The number of hydrogen-bond donors (Lipinski definition) is 0. The van der Waals surface area contributed by atoms with E-state index in [4.69, 9.17) is 0 Å². The second kappa shape index (κ2) is 9.94. The molecule has 50 heavy (non-hydrogen) atoms. The molecule has 0 radical (unpaired) electrons. The van der Waals surface area contributed by atoms with Gasteiger partial charge < -0.3 is 14.7 Å². The van der Waals surface area contributed by atoms with E-state index < -0.39 is 0 Å². The van der Waals surface area contributed by atoms with Crippen LogP contribution in [0.3, 0.4) is 0 Å². The molecule has 3 nitrogen and oxygen atoms in total. The molecular weight excluding hydrogens is 645 g/mol. The predicted molar refractivity (Wildman–Crippen MR) is 214 cm³/mol. The van der Waals surface area contributed by atoms with Gasteiger partial charge in [-0.3, -0.25) is 0 Å². The minimum absolute atomic E-state index is 0.114. The molecule has 12 rings (SSSR count). The summed E-state index contributed by atoms with van der Waals surface area (Å²) < 4.78 is 2.78. The van der Waals surface area contributed by atoms with Crippen LogP contribution in [-0.4, -0.2) is 6.71 Å². The van der Waals surface area contributed by atoms with Gasteiger partial charge in [0.2, 0.25) is 0 Å². The first-order chi connectivity index (χ1) is 24.8. The van der Waals surface area contributed by atoms with E-state index >= 15 is 0 Å². The number of benzene rings is 7. The summed E-state index contributed by atoms with van der Waals surface area (Å²) >= 11 is 3.82. The summed E-state index contributed by atoms with van der Waals surface area (Å²) in [5, 5.41) is 1.38. The lowest BCUT2D eigenvalue weighted by Gasteiger charge is -2.45. The molecule has 0 saturated heterocycles. The third-order valence-electron chi connectivity index (χ3n) is 10.7. The van der Waals surface area contributed by atoms with Gasteiger partial charge in [0.1, 0.15) is 0 Å². The number of anilines is 9. The summed E-state index contributed by atoms with van der Waals surface area (Å²) in [5.74, 6) is 0. The molecule has 4 aliphatic heterocycles. The van der Waals surface area contributed by atoms with Gasteiger partial charge in [0.15, 0.2) is 0 Å². The molecule has 232 valence electrons. The lowest BCUT2D eigenvalue weighted by molar-refractivity contribution is 1.19. The van der Waals surface area contributed by atoms with E-state index in [1.807, 2.05) is 23.1 Å². The minimum atomic E-state index is 0.114. The summed E-state index contributed by atoms with van der Waals surface area (Å²) in [6.45, 7) is 0.114. The second-order valence-corrected chi connectivity index (χ2v) is 15.4. The molecule has 0 atom stereocenters. The monoisotopic (exact) mass is 671 g/mol. The maximum absolute atomic E-state index is 2.57. The lowest BCUT2D eigenvalue weighted by atomic mass is 9.36. The van der Waals surface area contributed by atoms with Crippen LogP contribution in [0.15, 0.2) is 168 Å². The van der Waals surface area contributed by atoms with E-state index in [-0.39, 0.29) is 6.71 Å². The van der Waals surface area contributed by atoms with Crippen molar-refractivity contribution in [2.75, 3.05) is 14.7 Å². The molecule has 4 aliphatic rings.